The quantitative estimate of drug-likeness (QED) is 0.885. The predicted octanol–water partition coefficient (Wildman–Crippen LogP) is 4.43. The van der Waals surface area contributed by atoms with E-state index in [2.05, 4.69) is 26.2 Å². The van der Waals surface area contributed by atoms with E-state index in [0.717, 1.165) is 20.9 Å². The topological polar surface area (TPSA) is 24.9 Å². The van der Waals surface area contributed by atoms with Crippen LogP contribution in [0.3, 0.4) is 0 Å². The van der Waals surface area contributed by atoms with E-state index in [1.54, 1.807) is 6.20 Å². The molecule has 1 aromatic heterocycles. The molecule has 0 aliphatic heterocycles. The molecule has 1 aromatic carbocycles. The van der Waals surface area contributed by atoms with Crippen LogP contribution in [0.25, 0.3) is 10.9 Å². The highest BCUT2D eigenvalue weighted by atomic mass is 79.9. The fourth-order valence-electron chi connectivity index (χ4n) is 2.04. The Balaban J connectivity index is 2.13. The number of alkyl halides is 3. The van der Waals surface area contributed by atoms with Crippen molar-refractivity contribution in [2.24, 2.45) is 0 Å². The second-order valence-electron chi connectivity index (χ2n) is 4.71. The first-order chi connectivity index (χ1) is 9.37. The molecule has 0 fully saturated rings. The monoisotopic (exact) mass is 346 g/mol. The van der Waals surface area contributed by atoms with Crippen LogP contribution in [0.5, 0.6) is 0 Å². The zero-order chi connectivity index (χ0) is 14.8. The van der Waals surface area contributed by atoms with Gasteiger partial charge in [0.25, 0.3) is 0 Å². The molecule has 0 aliphatic rings. The zero-order valence-corrected chi connectivity index (χ0v) is 12.4. The first-order valence-corrected chi connectivity index (χ1v) is 6.98. The maximum atomic E-state index is 12.3. The first-order valence-electron chi connectivity index (χ1n) is 6.19. The molecule has 0 bridgehead atoms. The summed E-state index contributed by atoms with van der Waals surface area (Å²) in [6, 6.07) is 6.88. The number of nitrogens with one attached hydrogen (secondary N) is 1. The molecule has 2 rings (SSSR count). The molecule has 1 heterocycles. The number of fused-ring (bicyclic) bond motifs is 1. The molecular weight excluding hydrogens is 333 g/mol. The van der Waals surface area contributed by atoms with Gasteiger partial charge in [-0.2, -0.15) is 13.2 Å². The summed E-state index contributed by atoms with van der Waals surface area (Å²) in [4.78, 5) is 4.30. The smallest absolute Gasteiger partial charge is 0.310 e. The van der Waals surface area contributed by atoms with Gasteiger partial charge in [0.1, 0.15) is 0 Å². The molecule has 20 heavy (non-hydrogen) atoms. The average Bonchev–Trinajstić information content (AvgIpc) is 2.36. The third-order valence-corrected chi connectivity index (χ3v) is 3.67. The highest BCUT2D eigenvalue weighted by Crippen LogP contribution is 2.26. The third-order valence-electron chi connectivity index (χ3n) is 2.98. The van der Waals surface area contributed by atoms with E-state index in [1.807, 2.05) is 24.3 Å². The normalized spacial score (nSPS) is 13.7. The van der Waals surface area contributed by atoms with Crippen molar-refractivity contribution in [2.75, 3.05) is 0 Å². The van der Waals surface area contributed by atoms with Crippen molar-refractivity contribution in [1.82, 2.24) is 10.3 Å². The van der Waals surface area contributed by atoms with Gasteiger partial charge in [-0.05, 0) is 24.6 Å². The highest BCUT2D eigenvalue weighted by Gasteiger charge is 2.29. The van der Waals surface area contributed by atoms with Crippen molar-refractivity contribution in [3.05, 3.63) is 40.5 Å². The molecule has 2 nitrogen and oxygen atoms in total. The fourth-order valence-corrected chi connectivity index (χ4v) is 2.49. The Labute approximate surface area is 123 Å². The van der Waals surface area contributed by atoms with E-state index in [0.29, 0.717) is 6.54 Å². The Bertz CT molecular complexity index is 598. The molecule has 1 N–H and O–H groups in total. The number of rotatable bonds is 4. The lowest BCUT2D eigenvalue weighted by atomic mass is 10.1. The molecule has 0 aliphatic carbocycles. The van der Waals surface area contributed by atoms with Gasteiger partial charge in [0.15, 0.2) is 0 Å². The lowest BCUT2D eigenvalue weighted by Gasteiger charge is -2.16. The summed E-state index contributed by atoms with van der Waals surface area (Å²) >= 11 is 3.44. The lowest BCUT2D eigenvalue weighted by Crippen LogP contribution is -2.30. The molecule has 0 radical (unpaired) electrons. The van der Waals surface area contributed by atoms with Crippen LogP contribution in [0.15, 0.2) is 34.9 Å². The van der Waals surface area contributed by atoms with Crippen molar-refractivity contribution in [2.45, 2.75) is 32.1 Å². The Morgan fingerprint density at radius 3 is 2.75 bits per heavy atom. The minimum absolute atomic E-state index is 0.359. The number of pyridine rings is 1. The summed E-state index contributed by atoms with van der Waals surface area (Å²) < 4.78 is 37.8. The molecule has 0 saturated carbocycles. The molecule has 1 unspecified atom stereocenters. The van der Waals surface area contributed by atoms with Crippen LogP contribution in [-0.4, -0.2) is 17.2 Å². The molecule has 0 saturated heterocycles. The van der Waals surface area contributed by atoms with Gasteiger partial charge in [-0.25, -0.2) is 0 Å². The molecule has 1 atom stereocenters. The summed E-state index contributed by atoms with van der Waals surface area (Å²) in [6.07, 6.45) is -3.31. The van der Waals surface area contributed by atoms with Crippen molar-refractivity contribution in [3.8, 4) is 0 Å². The summed E-state index contributed by atoms with van der Waals surface area (Å²) in [7, 11) is 0. The van der Waals surface area contributed by atoms with Crippen LogP contribution >= 0.6 is 15.9 Å². The number of hydrogen-bond acceptors (Lipinski definition) is 2. The van der Waals surface area contributed by atoms with Crippen LogP contribution in [0.4, 0.5) is 13.2 Å². The zero-order valence-electron chi connectivity index (χ0n) is 10.8. The van der Waals surface area contributed by atoms with Gasteiger partial charge in [-0.15, -0.1) is 0 Å². The Hall–Kier alpha value is -1.14. The maximum absolute atomic E-state index is 12.3. The van der Waals surface area contributed by atoms with Gasteiger partial charge >= 0.3 is 6.18 Å². The second kappa shape index (κ2) is 6.10. The van der Waals surface area contributed by atoms with Crippen molar-refractivity contribution < 1.29 is 13.2 Å². The van der Waals surface area contributed by atoms with Gasteiger partial charge in [0, 0.05) is 28.6 Å². The van der Waals surface area contributed by atoms with Crippen molar-refractivity contribution in [1.29, 1.82) is 0 Å². The van der Waals surface area contributed by atoms with Crippen LogP contribution < -0.4 is 5.32 Å². The largest absolute Gasteiger partial charge is 0.390 e. The first kappa shape index (κ1) is 15.3. The average molecular weight is 347 g/mol. The number of nitrogens with zero attached hydrogens (tertiary/aromatic N) is 1. The van der Waals surface area contributed by atoms with E-state index < -0.39 is 18.6 Å². The number of halogens is 4. The molecular formula is C14H14BrF3N2. The lowest BCUT2D eigenvalue weighted by molar-refractivity contribution is -0.139. The van der Waals surface area contributed by atoms with Gasteiger partial charge in [0.2, 0.25) is 0 Å². The minimum Gasteiger partial charge on any atom is -0.310 e. The van der Waals surface area contributed by atoms with Gasteiger partial charge < -0.3 is 5.32 Å². The molecule has 6 heteroatoms. The maximum Gasteiger partial charge on any atom is 0.390 e. The number of aromatic nitrogens is 1. The van der Waals surface area contributed by atoms with Gasteiger partial charge in [0.05, 0.1) is 11.9 Å². The van der Waals surface area contributed by atoms with Gasteiger partial charge in [-0.1, -0.05) is 28.1 Å². The molecule has 0 spiro atoms. The predicted molar refractivity (Wildman–Crippen MR) is 76.4 cm³/mol. The van der Waals surface area contributed by atoms with Crippen LogP contribution in [0, 0.1) is 0 Å². The molecule has 0 amide bonds. The fraction of sp³-hybridized carbons (Fsp3) is 0.357. The van der Waals surface area contributed by atoms with E-state index in [9.17, 15) is 13.2 Å². The van der Waals surface area contributed by atoms with Crippen molar-refractivity contribution >= 4 is 26.8 Å². The Morgan fingerprint density at radius 2 is 2.05 bits per heavy atom. The minimum atomic E-state index is -4.15. The van der Waals surface area contributed by atoms with Gasteiger partial charge in [-0.3, -0.25) is 4.98 Å². The molecule has 108 valence electrons. The summed E-state index contributed by atoms with van der Waals surface area (Å²) in [5, 5.41) is 3.85. The Morgan fingerprint density at radius 1 is 1.30 bits per heavy atom. The SMILES string of the molecule is CC(CC(F)(F)F)NCc1ccc(Br)c2cccnc12. The number of benzene rings is 1. The van der Waals surface area contributed by atoms with Crippen molar-refractivity contribution in [3.63, 3.8) is 0 Å². The van der Waals surface area contributed by atoms with E-state index in [-0.39, 0.29) is 0 Å². The molecule has 2 aromatic rings. The van der Waals surface area contributed by atoms with Crippen LogP contribution in [-0.2, 0) is 6.54 Å². The van der Waals surface area contributed by atoms with E-state index in [4.69, 9.17) is 0 Å². The van der Waals surface area contributed by atoms with E-state index in [1.165, 1.54) is 6.92 Å². The summed E-state index contributed by atoms with van der Waals surface area (Å²) in [6.45, 7) is 1.89. The highest BCUT2D eigenvalue weighted by molar-refractivity contribution is 9.10. The summed E-state index contributed by atoms with van der Waals surface area (Å²) in [5.74, 6) is 0. The van der Waals surface area contributed by atoms with Crippen LogP contribution in [0.2, 0.25) is 0 Å². The van der Waals surface area contributed by atoms with Crippen LogP contribution in [0.1, 0.15) is 18.9 Å². The third kappa shape index (κ3) is 3.93. The number of hydrogen-bond donors (Lipinski definition) is 1. The second-order valence-corrected chi connectivity index (χ2v) is 5.56. The standard InChI is InChI=1S/C14H14BrF3N2/c1-9(7-14(16,17)18)20-8-10-4-5-12(15)11-3-2-6-19-13(10)11/h2-6,9,20H,7-8H2,1H3. The summed E-state index contributed by atoms with van der Waals surface area (Å²) in [5.41, 5.74) is 1.69. The Kier molecular flexibility index (Phi) is 4.65. The van der Waals surface area contributed by atoms with E-state index >= 15 is 0 Å².